The molecule has 0 aromatic carbocycles. The van der Waals surface area contributed by atoms with Crippen LogP contribution in [0.1, 0.15) is 20.8 Å². The first-order valence-corrected chi connectivity index (χ1v) is 3.79. The molecule has 0 radical (unpaired) electrons. The van der Waals surface area contributed by atoms with Crippen molar-refractivity contribution in [3.8, 4) is 0 Å². The van der Waals surface area contributed by atoms with Crippen molar-refractivity contribution in [1.29, 1.82) is 5.41 Å². The summed E-state index contributed by atoms with van der Waals surface area (Å²) in [7, 11) is 0. The number of guanidine groups is 1. The Hall–Kier alpha value is -1.10. The minimum atomic E-state index is -1.16. The lowest BCUT2D eigenvalue weighted by molar-refractivity contribution is -0.0618. The van der Waals surface area contributed by atoms with Gasteiger partial charge in [0, 0.05) is 11.6 Å². The van der Waals surface area contributed by atoms with E-state index in [1.807, 2.05) is 13.8 Å². The van der Waals surface area contributed by atoms with Crippen LogP contribution in [0.3, 0.4) is 0 Å². The molecule has 12 heavy (non-hydrogen) atoms. The third kappa shape index (κ3) is 1.06. The smallest absolute Gasteiger partial charge is 0.211 e. The molecule has 1 heterocycles. The van der Waals surface area contributed by atoms with E-state index in [-0.39, 0.29) is 11.9 Å². The van der Waals surface area contributed by atoms with Gasteiger partial charge in [0.25, 0.3) is 0 Å². The Morgan fingerprint density at radius 1 is 1.83 bits per heavy atom. The van der Waals surface area contributed by atoms with Crippen molar-refractivity contribution in [3.63, 3.8) is 0 Å². The van der Waals surface area contributed by atoms with Gasteiger partial charge in [0.1, 0.15) is 0 Å². The number of nitrogens with two attached hydrogens (primary N) is 1. The second kappa shape index (κ2) is 2.45. The molecule has 68 valence electrons. The summed E-state index contributed by atoms with van der Waals surface area (Å²) < 4.78 is 0. The zero-order chi connectivity index (χ0) is 9.52. The minimum absolute atomic E-state index is 0.0959. The lowest BCUT2D eigenvalue weighted by Crippen LogP contribution is -2.49. The van der Waals surface area contributed by atoms with E-state index in [4.69, 9.17) is 11.1 Å². The molecule has 2 atom stereocenters. The van der Waals surface area contributed by atoms with Crippen LogP contribution in [0, 0.1) is 11.3 Å². The maximum Gasteiger partial charge on any atom is 0.211 e. The van der Waals surface area contributed by atoms with E-state index in [2.05, 4.69) is 5.10 Å². The lowest BCUT2D eigenvalue weighted by atomic mass is 9.96. The molecule has 0 bridgehead atoms. The number of nitrogens with one attached hydrogen (secondary N) is 1. The Labute approximate surface area is 71.4 Å². The van der Waals surface area contributed by atoms with E-state index in [9.17, 15) is 5.11 Å². The highest BCUT2D eigenvalue weighted by Crippen LogP contribution is 2.29. The molecule has 0 unspecified atom stereocenters. The highest BCUT2D eigenvalue weighted by Gasteiger charge is 2.43. The van der Waals surface area contributed by atoms with Gasteiger partial charge in [-0.15, -0.1) is 0 Å². The van der Waals surface area contributed by atoms with Crippen molar-refractivity contribution in [2.24, 2.45) is 16.8 Å². The Morgan fingerprint density at radius 3 is 2.50 bits per heavy atom. The van der Waals surface area contributed by atoms with Gasteiger partial charge in [0.05, 0.1) is 0 Å². The van der Waals surface area contributed by atoms with Crippen LogP contribution in [-0.4, -0.2) is 27.5 Å². The summed E-state index contributed by atoms with van der Waals surface area (Å²) in [5.74, 6) is -0.329. The second-order valence-electron chi connectivity index (χ2n) is 3.25. The molecule has 1 rings (SSSR count). The number of hydrogen-bond donors (Lipinski definition) is 3. The fourth-order valence-electron chi connectivity index (χ4n) is 1.22. The zero-order valence-electron chi connectivity index (χ0n) is 7.50. The van der Waals surface area contributed by atoms with Crippen molar-refractivity contribution in [1.82, 2.24) is 5.01 Å². The summed E-state index contributed by atoms with van der Waals surface area (Å²) in [6, 6.07) is 0. The van der Waals surface area contributed by atoms with Gasteiger partial charge in [-0.1, -0.05) is 6.92 Å². The SMILES string of the molecule is CC1=NN(C(=N)N)[C@](C)(O)[C@H]1C. The van der Waals surface area contributed by atoms with Crippen LogP contribution in [0.4, 0.5) is 0 Å². The van der Waals surface area contributed by atoms with E-state index >= 15 is 0 Å². The standard InChI is InChI=1S/C7H14N4O/c1-4-5(2)10-11(6(8)9)7(4,3)12/h4,12H,1-3H3,(H3,8,9)/t4-,7+/m0/s1. The summed E-state index contributed by atoms with van der Waals surface area (Å²) in [5.41, 5.74) is 4.87. The summed E-state index contributed by atoms with van der Waals surface area (Å²) in [4.78, 5) is 0. The minimum Gasteiger partial charge on any atom is -0.369 e. The van der Waals surface area contributed by atoms with Gasteiger partial charge in [-0.3, -0.25) is 5.41 Å². The van der Waals surface area contributed by atoms with Crippen LogP contribution in [0.15, 0.2) is 5.10 Å². The van der Waals surface area contributed by atoms with E-state index < -0.39 is 5.72 Å². The van der Waals surface area contributed by atoms with Gasteiger partial charge in [0.2, 0.25) is 5.96 Å². The second-order valence-corrected chi connectivity index (χ2v) is 3.25. The predicted molar refractivity (Wildman–Crippen MR) is 46.6 cm³/mol. The van der Waals surface area contributed by atoms with E-state index in [0.717, 1.165) is 10.7 Å². The van der Waals surface area contributed by atoms with Crippen molar-refractivity contribution < 1.29 is 5.11 Å². The lowest BCUT2D eigenvalue weighted by Gasteiger charge is -2.30. The fourth-order valence-corrected chi connectivity index (χ4v) is 1.22. The molecule has 0 aromatic rings. The summed E-state index contributed by atoms with van der Waals surface area (Å²) in [6.07, 6.45) is 0. The Kier molecular flexibility index (Phi) is 1.83. The maximum atomic E-state index is 9.85. The molecule has 0 spiro atoms. The molecule has 5 heteroatoms. The molecule has 1 aliphatic rings. The van der Waals surface area contributed by atoms with E-state index in [0.29, 0.717) is 0 Å². The number of nitrogens with zero attached hydrogens (tertiary/aromatic N) is 2. The molecule has 0 amide bonds. The normalized spacial score (nSPS) is 35.2. The molecule has 0 saturated carbocycles. The number of hydrazone groups is 1. The summed E-state index contributed by atoms with van der Waals surface area (Å²) in [6.45, 7) is 5.25. The Morgan fingerprint density at radius 2 is 2.33 bits per heavy atom. The average molecular weight is 170 g/mol. The first-order valence-electron chi connectivity index (χ1n) is 3.79. The molecule has 5 nitrogen and oxygen atoms in total. The largest absolute Gasteiger partial charge is 0.369 e. The number of rotatable bonds is 0. The molecule has 4 N–H and O–H groups in total. The quantitative estimate of drug-likeness (QED) is 0.351. The Balaban J connectivity index is 2.99. The first kappa shape index (κ1) is 8.99. The summed E-state index contributed by atoms with van der Waals surface area (Å²) in [5, 5.41) is 22.1. The molecule has 0 aliphatic carbocycles. The van der Waals surface area contributed by atoms with Crippen LogP contribution in [0.25, 0.3) is 0 Å². The molecule has 0 saturated heterocycles. The van der Waals surface area contributed by atoms with Crippen LogP contribution in [-0.2, 0) is 0 Å². The molecule has 1 aliphatic heterocycles. The Bertz CT molecular complexity index is 246. The van der Waals surface area contributed by atoms with Crippen molar-refractivity contribution in [2.45, 2.75) is 26.5 Å². The van der Waals surface area contributed by atoms with E-state index in [1.54, 1.807) is 6.92 Å². The van der Waals surface area contributed by atoms with Crippen LogP contribution >= 0.6 is 0 Å². The monoisotopic (exact) mass is 170 g/mol. The fraction of sp³-hybridized carbons (Fsp3) is 0.714. The van der Waals surface area contributed by atoms with Crippen LogP contribution in [0.5, 0.6) is 0 Å². The van der Waals surface area contributed by atoms with Crippen molar-refractivity contribution >= 4 is 11.7 Å². The highest BCUT2D eigenvalue weighted by molar-refractivity contribution is 5.90. The topological polar surface area (TPSA) is 85.7 Å². The van der Waals surface area contributed by atoms with Crippen molar-refractivity contribution in [2.75, 3.05) is 0 Å². The third-order valence-corrected chi connectivity index (χ3v) is 2.36. The molecular weight excluding hydrogens is 156 g/mol. The van der Waals surface area contributed by atoms with E-state index in [1.165, 1.54) is 0 Å². The third-order valence-electron chi connectivity index (χ3n) is 2.36. The van der Waals surface area contributed by atoms with Gasteiger partial charge in [0.15, 0.2) is 5.72 Å². The predicted octanol–water partition coefficient (Wildman–Crippen LogP) is -0.0840. The van der Waals surface area contributed by atoms with Crippen LogP contribution < -0.4 is 5.73 Å². The average Bonchev–Trinajstić information content (AvgIpc) is 2.13. The molecular formula is C7H14N4O. The van der Waals surface area contributed by atoms with Gasteiger partial charge in [-0.05, 0) is 13.8 Å². The highest BCUT2D eigenvalue weighted by atomic mass is 16.3. The molecule has 0 aromatic heterocycles. The van der Waals surface area contributed by atoms with Crippen molar-refractivity contribution in [3.05, 3.63) is 0 Å². The molecule has 0 fully saturated rings. The van der Waals surface area contributed by atoms with Gasteiger partial charge in [-0.25, -0.2) is 5.01 Å². The number of hydrogen-bond acceptors (Lipinski definition) is 3. The number of aliphatic hydroxyl groups is 1. The van der Waals surface area contributed by atoms with Gasteiger partial charge >= 0.3 is 0 Å². The van der Waals surface area contributed by atoms with Gasteiger partial charge in [-0.2, -0.15) is 5.10 Å². The zero-order valence-corrected chi connectivity index (χ0v) is 7.50. The summed E-state index contributed by atoms with van der Waals surface area (Å²) >= 11 is 0. The van der Waals surface area contributed by atoms with Gasteiger partial charge < -0.3 is 10.8 Å². The first-order chi connectivity index (χ1) is 5.37. The van der Waals surface area contributed by atoms with Crippen LogP contribution in [0.2, 0.25) is 0 Å². The maximum absolute atomic E-state index is 9.85.